The molecule has 6 nitrogen and oxygen atoms in total. The van der Waals surface area contributed by atoms with Crippen molar-refractivity contribution in [1.29, 1.82) is 5.26 Å². The van der Waals surface area contributed by atoms with E-state index in [0.29, 0.717) is 23.8 Å². The molecule has 0 unspecified atom stereocenters. The van der Waals surface area contributed by atoms with Gasteiger partial charge in [0.25, 0.3) is 5.56 Å². The fourth-order valence-corrected chi connectivity index (χ4v) is 3.36. The second kappa shape index (κ2) is 7.49. The summed E-state index contributed by atoms with van der Waals surface area (Å²) >= 11 is 0. The van der Waals surface area contributed by atoms with Crippen LogP contribution in [0.3, 0.4) is 0 Å². The lowest BCUT2D eigenvalue weighted by molar-refractivity contribution is 0.727. The summed E-state index contributed by atoms with van der Waals surface area (Å²) in [5, 5.41) is 8.99. The molecule has 0 fully saturated rings. The smallest absolute Gasteiger partial charge is 0.255 e. The Labute approximate surface area is 163 Å². The molecule has 0 N–H and O–H groups in total. The van der Waals surface area contributed by atoms with Gasteiger partial charge in [0.15, 0.2) is 0 Å². The number of benzene rings is 1. The average Bonchev–Trinajstić information content (AvgIpc) is 2.76. The lowest BCUT2D eigenvalue weighted by atomic mass is 10.0. The van der Waals surface area contributed by atoms with Crippen LogP contribution >= 0.6 is 0 Å². The van der Waals surface area contributed by atoms with Gasteiger partial charge in [0, 0.05) is 44.2 Å². The van der Waals surface area contributed by atoms with Crippen LogP contribution in [0.4, 0.5) is 5.95 Å². The van der Waals surface area contributed by atoms with Gasteiger partial charge in [-0.25, -0.2) is 4.98 Å². The first-order chi connectivity index (χ1) is 13.7. The van der Waals surface area contributed by atoms with Crippen LogP contribution in [0.25, 0.3) is 16.8 Å². The van der Waals surface area contributed by atoms with Crippen LogP contribution in [0.2, 0.25) is 0 Å². The summed E-state index contributed by atoms with van der Waals surface area (Å²) in [5.74, 6) is 0.651. The zero-order valence-electron chi connectivity index (χ0n) is 15.5. The Balaban J connectivity index is 1.67. The van der Waals surface area contributed by atoms with E-state index in [9.17, 15) is 4.79 Å². The molecule has 3 heterocycles. The van der Waals surface area contributed by atoms with Crippen molar-refractivity contribution in [2.75, 3.05) is 18.0 Å². The molecule has 0 saturated carbocycles. The molecule has 0 amide bonds. The molecule has 1 aromatic carbocycles. The highest BCUT2D eigenvalue weighted by Gasteiger charge is 2.19. The van der Waals surface area contributed by atoms with E-state index in [-0.39, 0.29) is 5.56 Å². The molecule has 3 aromatic rings. The minimum atomic E-state index is -0.0914. The van der Waals surface area contributed by atoms with E-state index in [1.165, 1.54) is 5.57 Å². The number of nitrogens with zero attached hydrogens (tertiary/aromatic N) is 5. The number of nitriles is 1. The molecule has 2 aromatic heterocycles. The van der Waals surface area contributed by atoms with Crippen LogP contribution in [0, 0.1) is 11.3 Å². The lowest BCUT2D eigenvalue weighted by Gasteiger charge is -2.30. The Morgan fingerprint density at radius 3 is 2.54 bits per heavy atom. The molecule has 1 aliphatic rings. The Morgan fingerprint density at radius 1 is 1.07 bits per heavy atom. The predicted molar refractivity (Wildman–Crippen MR) is 109 cm³/mol. The van der Waals surface area contributed by atoms with Crippen LogP contribution in [0.5, 0.6) is 0 Å². The highest BCUT2D eigenvalue weighted by atomic mass is 16.1. The van der Waals surface area contributed by atoms with Gasteiger partial charge in [-0.05, 0) is 41.8 Å². The van der Waals surface area contributed by atoms with Crippen LogP contribution in [-0.4, -0.2) is 27.6 Å². The van der Waals surface area contributed by atoms with E-state index in [1.54, 1.807) is 30.1 Å². The third kappa shape index (κ3) is 3.42. The zero-order chi connectivity index (χ0) is 19.5. The molecule has 4 rings (SSSR count). The van der Waals surface area contributed by atoms with E-state index < -0.39 is 0 Å². The first-order valence-corrected chi connectivity index (χ1v) is 9.09. The molecular formula is C22H19N5O. The third-order valence-electron chi connectivity index (χ3n) is 4.91. The fourth-order valence-electron chi connectivity index (χ4n) is 3.36. The molecule has 1 aliphatic heterocycles. The second-order valence-electron chi connectivity index (χ2n) is 6.70. The number of hydrogen-bond acceptors (Lipinski definition) is 5. The summed E-state index contributed by atoms with van der Waals surface area (Å²) in [6.45, 7) is 1.45. The number of hydrogen-bond donors (Lipinski definition) is 0. The molecule has 0 spiro atoms. The molecule has 0 aliphatic carbocycles. The van der Waals surface area contributed by atoms with Gasteiger partial charge < -0.3 is 4.90 Å². The van der Waals surface area contributed by atoms with Crippen LogP contribution < -0.4 is 10.5 Å². The van der Waals surface area contributed by atoms with E-state index in [0.717, 1.165) is 24.1 Å². The number of pyridine rings is 1. The van der Waals surface area contributed by atoms with Gasteiger partial charge in [0.05, 0.1) is 17.3 Å². The minimum absolute atomic E-state index is 0.0914. The topological polar surface area (TPSA) is 74.8 Å². The van der Waals surface area contributed by atoms with Crippen LogP contribution in [-0.2, 0) is 7.05 Å². The maximum Gasteiger partial charge on any atom is 0.255 e. The van der Waals surface area contributed by atoms with Gasteiger partial charge >= 0.3 is 0 Å². The molecule has 0 radical (unpaired) electrons. The number of rotatable bonds is 3. The van der Waals surface area contributed by atoms with E-state index in [4.69, 9.17) is 10.2 Å². The molecular weight excluding hydrogens is 350 g/mol. The maximum atomic E-state index is 12.5. The fraction of sp³-hybridized carbons (Fsp3) is 0.182. The summed E-state index contributed by atoms with van der Waals surface area (Å²) < 4.78 is 1.59. The Hall–Kier alpha value is -3.72. The van der Waals surface area contributed by atoms with Crippen molar-refractivity contribution < 1.29 is 0 Å². The normalized spacial score (nSPS) is 13.7. The molecule has 6 heteroatoms. The Kier molecular flexibility index (Phi) is 4.73. The first-order valence-electron chi connectivity index (χ1n) is 9.09. The standard InChI is InChI=1S/C22H19N5O/c1-26-21(28)13-20(18-8-10-24-11-9-18)25-22(26)27-12-2-3-19(15-27)17-6-4-16(14-23)5-7-17/h3-11,13H,2,12,15H2,1H3. The Bertz CT molecular complexity index is 1120. The summed E-state index contributed by atoms with van der Waals surface area (Å²) in [4.78, 5) is 23.5. The van der Waals surface area contributed by atoms with Gasteiger partial charge in [0.2, 0.25) is 5.95 Å². The van der Waals surface area contributed by atoms with Gasteiger partial charge in [-0.2, -0.15) is 5.26 Å². The van der Waals surface area contributed by atoms with E-state index in [2.05, 4.69) is 22.0 Å². The van der Waals surface area contributed by atoms with Crippen LogP contribution in [0.1, 0.15) is 17.5 Å². The van der Waals surface area contributed by atoms with E-state index in [1.807, 2.05) is 36.4 Å². The maximum absolute atomic E-state index is 12.5. The summed E-state index contributed by atoms with van der Waals surface area (Å²) in [6, 6.07) is 15.0. The molecule has 0 bridgehead atoms. The van der Waals surface area contributed by atoms with Crippen molar-refractivity contribution in [2.24, 2.45) is 7.05 Å². The quantitative estimate of drug-likeness (QED) is 0.709. The number of aromatic nitrogens is 3. The predicted octanol–water partition coefficient (Wildman–Crippen LogP) is 3.01. The van der Waals surface area contributed by atoms with Crippen molar-refractivity contribution in [1.82, 2.24) is 14.5 Å². The molecule has 28 heavy (non-hydrogen) atoms. The van der Waals surface area contributed by atoms with Gasteiger partial charge in [-0.15, -0.1) is 0 Å². The minimum Gasteiger partial charge on any atom is -0.338 e. The van der Waals surface area contributed by atoms with Crippen molar-refractivity contribution in [2.45, 2.75) is 6.42 Å². The SMILES string of the molecule is Cn1c(N2CCC=C(c3ccc(C#N)cc3)C2)nc(-c2ccncc2)cc1=O. The summed E-state index contributed by atoms with van der Waals surface area (Å²) in [6.07, 6.45) is 6.47. The van der Waals surface area contributed by atoms with Crippen molar-refractivity contribution >= 4 is 11.5 Å². The Morgan fingerprint density at radius 2 is 1.82 bits per heavy atom. The molecule has 0 atom stereocenters. The zero-order valence-corrected chi connectivity index (χ0v) is 15.5. The average molecular weight is 369 g/mol. The molecule has 0 saturated heterocycles. The number of anilines is 1. The largest absolute Gasteiger partial charge is 0.338 e. The summed E-state index contributed by atoms with van der Waals surface area (Å²) in [7, 11) is 1.75. The second-order valence-corrected chi connectivity index (χ2v) is 6.70. The monoisotopic (exact) mass is 369 g/mol. The lowest BCUT2D eigenvalue weighted by Crippen LogP contribution is -2.35. The highest BCUT2D eigenvalue weighted by molar-refractivity contribution is 5.71. The molecule has 138 valence electrons. The first kappa shape index (κ1) is 17.7. The van der Waals surface area contributed by atoms with Crippen molar-refractivity contribution in [3.8, 4) is 17.3 Å². The summed E-state index contributed by atoms with van der Waals surface area (Å²) in [5.41, 5.74) is 4.32. The van der Waals surface area contributed by atoms with Gasteiger partial charge in [0.1, 0.15) is 0 Å². The van der Waals surface area contributed by atoms with Crippen molar-refractivity contribution in [3.63, 3.8) is 0 Å². The van der Waals surface area contributed by atoms with Crippen molar-refractivity contribution in [3.05, 3.63) is 82.4 Å². The third-order valence-corrected chi connectivity index (χ3v) is 4.91. The van der Waals surface area contributed by atoms with Gasteiger partial charge in [-0.1, -0.05) is 18.2 Å². The van der Waals surface area contributed by atoms with E-state index >= 15 is 0 Å². The van der Waals surface area contributed by atoms with Crippen LogP contribution in [0.15, 0.2) is 65.7 Å². The highest BCUT2D eigenvalue weighted by Crippen LogP contribution is 2.25. The van der Waals surface area contributed by atoms with Gasteiger partial charge in [-0.3, -0.25) is 14.3 Å².